The van der Waals surface area contributed by atoms with E-state index in [1.807, 2.05) is 0 Å². The van der Waals surface area contributed by atoms with Crippen LogP contribution in [-0.4, -0.2) is 12.5 Å². The molecule has 0 radical (unpaired) electrons. The zero-order chi connectivity index (χ0) is 15.4. The Labute approximate surface area is 133 Å². The zero-order valence-electron chi connectivity index (χ0n) is 10.5. The summed E-state index contributed by atoms with van der Waals surface area (Å²) in [5.74, 6) is -2.06. The third kappa shape index (κ3) is 4.41. The highest BCUT2D eigenvalue weighted by molar-refractivity contribution is 9.10. The van der Waals surface area contributed by atoms with Crippen LogP contribution in [0.4, 0.5) is 14.5 Å². The molecule has 1 N–H and O–H groups in total. The lowest BCUT2D eigenvalue weighted by molar-refractivity contribution is -0.118. The molecule has 0 aliphatic rings. The van der Waals surface area contributed by atoms with Crippen molar-refractivity contribution in [3.8, 4) is 5.75 Å². The molecule has 0 unspecified atom stereocenters. The van der Waals surface area contributed by atoms with Crippen LogP contribution in [0.2, 0.25) is 5.02 Å². The van der Waals surface area contributed by atoms with Crippen molar-refractivity contribution in [3.05, 3.63) is 57.5 Å². The number of carbonyl (C=O) groups excluding carboxylic acids is 1. The smallest absolute Gasteiger partial charge is 0.262 e. The van der Waals surface area contributed by atoms with Crippen molar-refractivity contribution in [1.29, 1.82) is 0 Å². The van der Waals surface area contributed by atoms with Crippen LogP contribution in [0.25, 0.3) is 0 Å². The van der Waals surface area contributed by atoms with Crippen molar-refractivity contribution in [1.82, 2.24) is 0 Å². The summed E-state index contributed by atoms with van der Waals surface area (Å²) in [6.07, 6.45) is 0. The van der Waals surface area contributed by atoms with E-state index < -0.39 is 17.5 Å². The molecule has 3 nitrogen and oxygen atoms in total. The first-order valence-electron chi connectivity index (χ1n) is 5.78. The molecule has 0 heterocycles. The molecule has 2 aromatic carbocycles. The summed E-state index contributed by atoms with van der Waals surface area (Å²) < 4.78 is 31.7. The first kappa shape index (κ1) is 15.7. The molecule has 21 heavy (non-hydrogen) atoms. The fraction of sp³-hybridized carbons (Fsp3) is 0.0714. The van der Waals surface area contributed by atoms with Gasteiger partial charge in [-0.1, -0.05) is 11.6 Å². The molecule has 0 spiro atoms. The summed E-state index contributed by atoms with van der Waals surface area (Å²) in [6, 6.07) is 7.94. The van der Waals surface area contributed by atoms with Crippen LogP contribution < -0.4 is 10.1 Å². The molecule has 0 aromatic heterocycles. The van der Waals surface area contributed by atoms with Gasteiger partial charge in [-0.2, -0.15) is 0 Å². The van der Waals surface area contributed by atoms with E-state index in [1.165, 1.54) is 6.07 Å². The molecule has 0 atom stereocenters. The molecule has 1 amide bonds. The molecule has 0 fully saturated rings. The first-order valence-corrected chi connectivity index (χ1v) is 6.95. The molecule has 2 aromatic rings. The van der Waals surface area contributed by atoms with Gasteiger partial charge >= 0.3 is 0 Å². The lowest BCUT2D eigenvalue weighted by Gasteiger charge is -2.09. The van der Waals surface area contributed by atoms with E-state index >= 15 is 0 Å². The number of hydrogen-bond acceptors (Lipinski definition) is 2. The van der Waals surface area contributed by atoms with Gasteiger partial charge < -0.3 is 10.1 Å². The van der Waals surface area contributed by atoms with Crippen LogP contribution in [0.1, 0.15) is 0 Å². The van der Waals surface area contributed by atoms with E-state index in [0.717, 1.165) is 12.1 Å². The van der Waals surface area contributed by atoms with Crippen molar-refractivity contribution in [2.75, 3.05) is 11.9 Å². The Morgan fingerprint density at radius 1 is 1.19 bits per heavy atom. The van der Waals surface area contributed by atoms with Crippen LogP contribution >= 0.6 is 27.5 Å². The summed E-state index contributed by atoms with van der Waals surface area (Å²) >= 11 is 9.03. The third-order valence-electron chi connectivity index (χ3n) is 2.46. The van der Waals surface area contributed by atoms with Gasteiger partial charge in [-0.05, 0) is 46.3 Å². The number of anilines is 1. The minimum atomic E-state index is -1.03. The van der Waals surface area contributed by atoms with Gasteiger partial charge in [0.2, 0.25) is 0 Å². The van der Waals surface area contributed by atoms with Crippen molar-refractivity contribution < 1.29 is 18.3 Å². The van der Waals surface area contributed by atoms with E-state index in [1.54, 1.807) is 18.2 Å². The van der Waals surface area contributed by atoms with Gasteiger partial charge in [-0.25, -0.2) is 8.78 Å². The van der Waals surface area contributed by atoms with Crippen molar-refractivity contribution >= 4 is 39.1 Å². The quantitative estimate of drug-likeness (QED) is 0.859. The molecule has 0 bridgehead atoms. The largest absolute Gasteiger partial charge is 0.483 e. The van der Waals surface area contributed by atoms with Crippen molar-refractivity contribution in [2.45, 2.75) is 0 Å². The summed E-state index contributed by atoms with van der Waals surface area (Å²) in [5.41, 5.74) is 0.151. The Bertz CT molecular complexity index is 682. The Morgan fingerprint density at radius 3 is 2.62 bits per heavy atom. The van der Waals surface area contributed by atoms with Gasteiger partial charge in [0.1, 0.15) is 5.75 Å². The minimum Gasteiger partial charge on any atom is -0.483 e. The van der Waals surface area contributed by atoms with Gasteiger partial charge in [-0.15, -0.1) is 0 Å². The fourth-order valence-corrected chi connectivity index (χ4v) is 2.30. The van der Waals surface area contributed by atoms with E-state index in [0.29, 0.717) is 15.2 Å². The Kier molecular flexibility index (Phi) is 5.14. The molecule has 0 saturated carbocycles. The maximum atomic E-state index is 13.0. The summed E-state index contributed by atoms with van der Waals surface area (Å²) in [6.45, 7) is -0.279. The highest BCUT2D eigenvalue weighted by atomic mass is 79.9. The Hall–Kier alpha value is -1.66. The Morgan fingerprint density at radius 2 is 1.95 bits per heavy atom. The summed E-state index contributed by atoms with van der Waals surface area (Å²) in [5, 5.41) is 2.93. The molecule has 7 heteroatoms. The monoisotopic (exact) mass is 375 g/mol. The van der Waals surface area contributed by atoms with Gasteiger partial charge in [0.05, 0.1) is 4.47 Å². The number of ether oxygens (including phenoxy) is 1. The molecular weight excluding hydrogens is 368 g/mol. The number of amides is 1. The Balaban J connectivity index is 1.94. The predicted octanol–water partition coefficient (Wildman–Crippen LogP) is 4.40. The van der Waals surface area contributed by atoms with Crippen LogP contribution in [-0.2, 0) is 4.79 Å². The highest BCUT2D eigenvalue weighted by Crippen LogP contribution is 2.27. The van der Waals surface area contributed by atoms with Crippen molar-refractivity contribution in [3.63, 3.8) is 0 Å². The normalized spacial score (nSPS) is 10.3. The molecular formula is C14H9BrClF2NO2. The van der Waals surface area contributed by atoms with Crippen LogP contribution in [0.5, 0.6) is 5.75 Å². The number of rotatable bonds is 4. The number of carbonyl (C=O) groups is 1. The SMILES string of the molecule is O=C(COc1ccc(Cl)cc1Br)Nc1ccc(F)c(F)c1. The van der Waals surface area contributed by atoms with Crippen LogP contribution in [0.3, 0.4) is 0 Å². The topological polar surface area (TPSA) is 38.3 Å². The van der Waals surface area contributed by atoms with Gasteiger partial charge in [0.15, 0.2) is 18.2 Å². The maximum absolute atomic E-state index is 13.0. The molecule has 2 rings (SSSR count). The lowest BCUT2D eigenvalue weighted by Crippen LogP contribution is -2.20. The summed E-state index contributed by atoms with van der Waals surface area (Å²) in [4.78, 5) is 11.7. The molecule has 0 aliphatic carbocycles. The minimum absolute atomic E-state index is 0.151. The second-order valence-electron chi connectivity index (χ2n) is 4.04. The molecule has 0 saturated heterocycles. The first-order chi connectivity index (χ1) is 9.95. The number of benzene rings is 2. The standard InChI is InChI=1S/C14H9BrClF2NO2/c15-10-5-8(16)1-4-13(10)21-7-14(20)19-9-2-3-11(17)12(18)6-9/h1-6H,7H2,(H,19,20). The van der Waals surface area contributed by atoms with E-state index in [-0.39, 0.29) is 12.3 Å². The molecule has 0 aliphatic heterocycles. The number of halogens is 4. The average Bonchev–Trinajstić information content (AvgIpc) is 2.42. The van der Waals surface area contributed by atoms with E-state index in [9.17, 15) is 13.6 Å². The summed E-state index contributed by atoms with van der Waals surface area (Å²) in [7, 11) is 0. The molecule has 110 valence electrons. The second kappa shape index (κ2) is 6.87. The maximum Gasteiger partial charge on any atom is 0.262 e. The van der Waals surface area contributed by atoms with Gasteiger partial charge in [0.25, 0.3) is 5.91 Å². The number of hydrogen-bond donors (Lipinski definition) is 1. The van der Waals surface area contributed by atoms with Crippen LogP contribution in [0, 0.1) is 11.6 Å². The van der Waals surface area contributed by atoms with E-state index in [2.05, 4.69) is 21.2 Å². The average molecular weight is 377 g/mol. The zero-order valence-corrected chi connectivity index (χ0v) is 12.8. The van der Waals surface area contributed by atoms with Gasteiger partial charge in [0, 0.05) is 16.8 Å². The predicted molar refractivity (Wildman–Crippen MR) is 79.6 cm³/mol. The lowest BCUT2D eigenvalue weighted by atomic mass is 10.3. The fourth-order valence-electron chi connectivity index (χ4n) is 1.51. The highest BCUT2D eigenvalue weighted by Gasteiger charge is 2.08. The van der Waals surface area contributed by atoms with Gasteiger partial charge in [-0.3, -0.25) is 4.79 Å². The van der Waals surface area contributed by atoms with Crippen LogP contribution in [0.15, 0.2) is 40.9 Å². The second-order valence-corrected chi connectivity index (χ2v) is 5.33. The number of nitrogens with one attached hydrogen (secondary N) is 1. The van der Waals surface area contributed by atoms with Crippen molar-refractivity contribution in [2.24, 2.45) is 0 Å². The van der Waals surface area contributed by atoms with E-state index in [4.69, 9.17) is 16.3 Å². The third-order valence-corrected chi connectivity index (χ3v) is 3.31.